The summed E-state index contributed by atoms with van der Waals surface area (Å²) in [6.07, 6.45) is 0.328. The second-order valence-corrected chi connectivity index (χ2v) is 10.5. The van der Waals surface area contributed by atoms with Crippen molar-refractivity contribution in [3.05, 3.63) is 81.8 Å². The highest BCUT2D eigenvalue weighted by Crippen LogP contribution is 2.41. The summed E-state index contributed by atoms with van der Waals surface area (Å²) in [6.45, 7) is 3.93. The molecule has 3 N–H and O–H groups in total. The van der Waals surface area contributed by atoms with Gasteiger partial charge in [-0.3, -0.25) is 9.35 Å². The lowest BCUT2D eigenvalue weighted by atomic mass is 10.0. The van der Waals surface area contributed by atoms with Crippen molar-refractivity contribution in [1.29, 1.82) is 0 Å². The van der Waals surface area contributed by atoms with Gasteiger partial charge in [-0.2, -0.15) is 8.42 Å². The van der Waals surface area contributed by atoms with Crippen LogP contribution in [0.25, 0.3) is 10.8 Å². The van der Waals surface area contributed by atoms with E-state index < -0.39 is 26.7 Å². The number of aromatic hydroxyl groups is 1. The van der Waals surface area contributed by atoms with Crippen LogP contribution in [-0.2, 0) is 16.5 Å². The Bertz CT molecular complexity index is 1720. The van der Waals surface area contributed by atoms with E-state index in [0.717, 1.165) is 6.07 Å². The number of aryl methyl sites for hydroxylation is 1. The number of halogens is 2. The van der Waals surface area contributed by atoms with Crippen molar-refractivity contribution in [2.75, 3.05) is 11.9 Å². The second kappa shape index (κ2) is 11.6. The molecule has 0 saturated carbocycles. The summed E-state index contributed by atoms with van der Waals surface area (Å²) in [7, 11) is -4.70. The summed E-state index contributed by atoms with van der Waals surface area (Å²) in [6, 6.07) is 15.8. The lowest BCUT2D eigenvalue weighted by Gasteiger charge is -2.14. The zero-order valence-corrected chi connectivity index (χ0v) is 23.1. The fourth-order valence-electron chi connectivity index (χ4n) is 3.96. The molecule has 9 nitrogen and oxygen atoms in total. The standard InChI is InChI=1S/C27H23Cl2N3O6S/c1-3-15-12-17(28)14-22(39(35,36)37)24(15)31-32-25-18-9-6-5-8-16(18)13-19(26(25)33)27(34)30-20-10-7-11-21(23(20)29)38-4-2/h5-14,33H,3-4H2,1-2H3,(H,30,34)(H,35,36,37). The number of nitrogens with one attached hydrogen (secondary N) is 1. The van der Waals surface area contributed by atoms with Gasteiger partial charge in [0.05, 0.1) is 17.9 Å². The molecule has 202 valence electrons. The van der Waals surface area contributed by atoms with E-state index in [1.807, 2.05) is 0 Å². The number of rotatable bonds is 8. The van der Waals surface area contributed by atoms with Gasteiger partial charge in [0.25, 0.3) is 16.0 Å². The van der Waals surface area contributed by atoms with Crippen LogP contribution >= 0.6 is 23.2 Å². The molecular weight excluding hydrogens is 565 g/mol. The topological polar surface area (TPSA) is 138 Å². The van der Waals surface area contributed by atoms with E-state index in [-0.39, 0.29) is 32.7 Å². The summed E-state index contributed by atoms with van der Waals surface area (Å²) in [5.74, 6) is -0.782. The predicted octanol–water partition coefficient (Wildman–Crippen LogP) is 7.73. The number of fused-ring (bicyclic) bond motifs is 1. The van der Waals surface area contributed by atoms with Gasteiger partial charge < -0.3 is 15.2 Å². The Labute approximate surface area is 234 Å². The van der Waals surface area contributed by atoms with E-state index in [1.54, 1.807) is 56.3 Å². The van der Waals surface area contributed by atoms with Crippen LogP contribution < -0.4 is 10.1 Å². The summed E-state index contributed by atoms with van der Waals surface area (Å²) in [5.41, 5.74) is 0.339. The number of phenolic OH excluding ortho intramolecular Hbond substituents is 1. The first-order chi connectivity index (χ1) is 18.5. The normalized spacial score (nSPS) is 11.7. The van der Waals surface area contributed by atoms with Crippen molar-refractivity contribution in [2.45, 2.75) is 25.2 Å². The molecule has 0 aliphatic carbocycles. The van der Waals surface area contributed by atoms with Gasteiger partial charge in [0.15, 0.2) is 5.75 Å². The van der Waals surface area contributed by atoms with Crippen LogP contribution in [0.1, 0.15) is 29.8 Å². The zero-order valence-electron chi connectivity index (χ0n) is 20.8. The number of phenols is 1. The highest BCUT2D eigenvalue weighted by molar-refractivity contribution is 7.86. The third kappa shape index (κ3) is 5.99. The molecule has 0 unspecified atom stereocenters. The van der Waals surface area contributed by atoms with Crippen molar-refractivity contribution < 1.29 is 27.6 Å². The van der Waals surface area contributed by atoms with Crippen LogP contribution in [0.4, 0.5) is 17.1 Å². The SMILES string of the molecule is CCOc1cccc(NC(=O)c2cc3ccccc3c(N=Nc3c(CC)cc(Cl)cc3S(=O)(=O)O)c2O)c1Cl. The number of anilines is 1. The zero-order chi connectivity index (χ0) is 28.3. The average Bonchev–Trinajstić information content (AvgIpc) is 2.89. The van der Waals surface area contributed by atoms with Crippen molar-refractivity contribution in [1.82, 2.24) is 0 Å². The monoisotopic (exact) mass is 587 g/mol. The molecule has 0 aliphatic rings. The second-order valence-electron chi connectivity index (χ2n) is 8.29. The molecule has 39 heavy (non-hydrogen) atoms. The maximum absolute atomic E-state index is 13.3. The molecule has 0 heterocycles. The smallest absolute Gasteiger partial charge is 0.296 e. The lowest BCUT2D eigenvalue weighted by Crippen LogP contribution is -2.13. The summed E-state index contributed by atoms with van der Waals surface area (Å²) >= 11 is 12.4. The molecular formula is C27H23Cl2N3O6S. The van der Waals surface area contributed by atoms with Gasteiger partial charge in [-0.15, -0.1) is 10.2 Å². The first-order valence-corrected chi connectivity index (χ1v) is 13.9. The molecule has 1 amide bonds. The van der Waals surface area contributed by atoms with E-state index in [4.69, 9.17) is 27.9 Å². The summed E-state index contributed by atoms with van der Waals surface area (Å²) < 4.78 is 39.3. The maximum Gasteiger partial charge on any atom is 0.296 e. The Morgan fingerprint density at radius 1 is 1.00 bits per heavy atom. The van der Waals surface area contributed by atoms with Gasteiger partial charge in [-0.1, -0.05) is 60.5 Å². The Balaban J connectivity index is 1.84. The molecule has 0 aliphatic heterocycles. The lowest BCUT2D eigenvalue weighted by molar-refractivity contribution is 0.102. The van der Waals surface area contributed by atoms with Gasteiger partial charge in [0.2, 0.25) is 0 Å². The van der Waals surface area contributed by atoms with Crippen LogP contribution in [0, 0.1) is 0 Å². The first-order valence-electron chi connectivity index (χ1n) is 11.7. The Hall–Kier alpha value is -3.70. The minimum atomic E-state index is -4.70. The molecule has 0 fully saturated rings. The van der Waals surface area contributed by atoms with E-state index in [2.05, 4.69) is 15.5 Å². The molecule has 0 bridgehead atoms. The van der Waals surface area contributed by atoms with Gasteiger partial charge in [-0.05, 0) is 54.6 Å². The van der Waals surface area contributed by atoms with Crippen molar-refractivity contribution in [3.63, 3.8) is 0 Å². The molecule has 0 saturated heterocycles. The molecule has 4 aromatic rings. The fourth-order valence-corrected chi connectivity index (χ4v) is 5.19. The molecule has 4 rings (SSSR count). The third-order valence-electron chi connectivity index (χ3n) is 5.78. The number of carbonyl (C=O) groups is 1. The van der Waals surface area contributed by atoms with Crippen LogP contribution in [0.5, 0.6) is 11.5 Å². The molecule has 0 atom stereocenters. The van der Waals surface area contributed by atoms with Crippen LogP contribution in [0.15, 0.2) is 75.8 Å². The van der Waals surface area contributed by atoms with Gasteiger partial charge in [0.1, 0.15) is 27.0 Å². The van der Waals surface area contributed by atoms with Crippen molar-refractivity contribution >= 4 is 67.1 Å². The van der Waals surface area contributed by atoms with Crippen molar-refractivity contribution in [2.24, 2.45) is 10.2 Å². The quantitative estimate of drug-likeness (QED) is 0.142. The molecule has 12 heteroatoms. The van der Waals surface area contributed by atoms with Crippen LogP contribution in [0.3, 0.4) is 0 Å². The van der Waals surface area contributed by atoms with Gasteiger partial charge >= 0.3 is 0 Å². The van der Waals surface area contributed by atoms with Gasteiger partial charge in [-0.25, -0.2) is 0 Å². The molecule has 0 aromatic heterocycles. The van der Waals surface area contributed by atoms with E-state index in [9.17, 15) is 22.9 Å². The van der Waals surface area contributed by atoms with Crippen LogP contribution in [0.2, 0.25) is 10.0 Å². The number of nitrogens with zero attached hydrogens (tertiary/aromatic N) is 2. The summed E-state index contributed by atoms with van der Waals surface area (Å²) in [5, 5.41) is 23.4. The predicted molar refractivity (Wildman–Crippen MR) is 151 cm³/mol. The molecule has 4 aromatic carbocycles. The Morgan fingerprint density at radius 3 is 2.41 bits per heavy atom. The largest absolute Gasteiger partial charge is 0.505 e. The molecule has 0 radical (unpaired) electrons. The highest BCUT2D eigenvalue weighted by atomic mass is 35.5. The number of amides is 1. The number of benzene rings is 4. The van der Waals surface area contributed by atoms with E-state index in [1.165, 1.54) is 12.1 Å². The highest BCUT2D eigenvalue weighted by Gasteiger charge is 2.22. The maximum atomic E-state index is 13.3. The minimum absolute atomic E-state index is 0.0781. The Kier molecular flexibility index (Phi) is 8.41. The fraction of sp³-hybridized carbons (Fsp3) is 0.148. The van der Waals surface area contributed by atoms with E-state index in [0.29, 0.717) is 35.1 Å². The number of azo groups is 1. The average molecular weight is 588 g/mol. The first kappa shape index (κ1) is 28.3. The van der Waals surface area contributed by atoms with Crippen LogP contribution in [-0.4, -0.2) is 30.6 Å². The minimum Gasteiger partial charge on any atom is -0.505 e. The molecule has 0 spiro atoms. The number of hydrogen-bond donors (Lipinski definition) is 3. The Morgan fingerprint density at radius 2 is 1.72 bits per heavy atom. The van der Waals surface area contributed by atoms with Gasteiger partial charge in [0, 0.05) is 10.4 Å². The number of hydrogen-bond acceptors (Lipinski definition) is 7. The number of carbonyl (C=O) groups excluding carboxylic acids is 1. The summed E-state index contributed by atoms with van der Waals surface area (Å²) in [4.78, 5) is 12.7. The van der Waals surface area contributed by atoms with E-state index >= 15 is 0 Å². The van der Waals surface area contributed by atoms with Crippen molar-refractivity contribution in [3.8, 4) is 11.5 Å². The number of ether oxygens (including phenoxy) is 1. The third-order valence-corrected chi connectivity index (χ3v) is 7.25.